The van der Waals surface area contributed by atoms with Crippen molar-refractivity contribution < 1.29 is 40.7 Å². The molecule has 4 aliphatic carbocycles. The van der Waals surface area contributed by atoms with Gasteiger partial charge in [0.05, 0.1) is 26.8 Å². The Hall–Kier alpha value is -3.65. The standard InChI is InChI=1S/C56H77N2O5.ClH/c1-7-47(41-14-10-8-11-15-41)54(42-16-12-9-13-17-42)43-19-22-45(23-20-43)62-35-32-57(5)52(59)27-18-40(2)49-25-26-50-48-24-21-44-38-46(63-53(60)39-58(6)33-36-61-37-34-58)28-30-55(44,3)51(48)29-31-56(49,50)4;/h8-17,19-20,22-23,40,44,46,48-51H,7,18,21,24-39H2,1-6H3;1H/q+1;/p-1/b54-47-;/t40-,44-,46-,48+,49-,50+,51+,55+,56-;/m1./s1. The third-order valence-electron chi connectivity index (χ3n) is 17.7. The van der Waals surface area contributed by atoms with Gasteiger partial charge in [-0.1, -0.05) is 100 Å². The first-order chi connectivity index (χ1) is 30.4. The second-order valence-electron chi connectivity index (χ2n) is 21.3. The molecule has 4 saturated carbocycles. The van der Waals surface area contributed by atoms with Crippen molar-refractivity contribution in [2.45, 2.75) is 111 Å². The lowest BCUT2D eigenvalue weighted by molar-refractivity contribution is -0.910. The maximum Gasteiger partial charge on any atom is 0.362 e. The Morgan fingerprint density at radius 2 is 1.45 bits per heavy atom. The van der Waals surface area contributed by atoms with Crippen LogP contribution in [0.3, 0.4) is 0 Å². The first-order valence-electron chi connectivity index (χ1n) is 24.8. The highest BCUT2D eigenvalue weighted by molar-refractivity contribution is 5.98. The van der Waals surface area contributed by atoms with Crippen molar-refractivity contribution in [2.75, 3.05) is 60.1 Å². The van der Waals surface area contributed by atoms with Crippen LogP contribution in [-0.4, -0.2) is 87.5 Å². The van der Waals surface area contributed by atoms with Crippen LogP contribution in [0.5, 0.6) is 5.75 Å². The zero-order chi connectivity index (χ0) is 44.2. The van der Waals surface area contributed by atoms with E-state index in [9.17, 15) is 9.59 Å². The number of quaternary nitrogens is 1. The number of hydrogen-bond donors (Lipinski definition) is 0. The maximum atomic E-state index is 13.5. The van der Waals surface area contributed by atoms with Crippen molar-refractivity contribution in [2.24, 2.45) is 46.3 Å². The van der Waals surface area contributed by atoms with E-state index < -0.39 is 0 Å². The summed E-state index contributed by atoms with van der Waals surface area (Å²) in [7, 11) is 4.10. The first kappa shape index (κ1) is 48.3. The minimum absolute atomic E-state index is 0. The molecule has 1 heterocycles. The molecule has 1 amide bonds. The molecule has 8 rings (SSSR count). The van der Waals surface area contributed by atoms with Gasteiger partial charge >= 0.3 is 5.97 Å². The van der Waals surface area contributed by atoms with E-state index in [-0.39, 0.29) is 30.4 Å². The molecule has 8 heteroatoms. The molecule has 7 nitrogen and oxygen atoms in total. The number of allylic oxidation sites excluding steroid dienone is 1. The molecule has 5 aliphatic rings. The van der Waals surface area contributed by atoms with Gasteiger partial charge in [0.1, 0.15) is 31.5 Å². The lowest BCUT2D eigenvalue weighted by Crippen LogP contribution is -3.00. The molecule has 3 aromatic carbocycles. The first-order valence-corrected chi connectivity index (χ1v) is 24.8. The van der Waals surface area contributed by atoms with Gasteiger partial charge in [-0.2, -0.15) is 0 Å². The van der Waals surface area contributed by atoms with E-state index in [1.807, 2.05) is 11.9 Å². The number of nitrogens with zero attached hydrogens (tertiary/aromatic N) is 2. The van der Waals surface area contributed by atoms with Gasteiger partial charge in [-0.3, -0.25) is 4.79 Å². The van der Waals surface area contributed by atoms with Gasteiger partial charge in [-0.25, -0.2) is 4.79 Å². The molecule has 1 aliphatic heterocycles. The Bertz CT molecular complexity index is 2030. The molecule has 1 saturated heterocycles. The van der Waals surface area contributed by atoms with E-state index >= 15 is 0 Å². The largest absolute Gasteiger partial charge is 1.00 e. The summed E-state index contributed by atoms with van der Waals surface area (Å²) < 4.78 is 18.7. The number of amides is 1. The predicted molar refractivity (Wildman–Crippen MR) is 254 cm³/mol. The zero-order valence-electron chi connectivity index (χ0n) is 39.9. The number of ether oxygens (including phenoxy) is 3. The summed E-state index contributed by atoms with van der Waals surface area (Å²) in [6.07, 6.45) is 13.7. The van der Waals surface area contributed by atoms with Crippen LogP contribution in [0.15, 0.2) is 84.9 Å². The minimum atomic E-state index is -0.0164. The number of carbonyl (C=O) groups is 2. The van der Waals surface area contributed by atoms with Crippen molar-refractivity contribution in [1.82, 2.24) is 4.90 Å². The molecule has 0 spiro atoms. The highest BCUT2D eigenvalue weighted by atomic mass is 35.5. The van der Waals surface area contributed by atoms with Crippen LogP contribution in [-0.2, 0) is 19.1 Å². The van der Waals surface area contributed by atoms with Crippen molar-refractivity contribution in [3.63, 3.8) is 0 Å². The molecule has 348 valence electrons. The molecular formula is C56H77ClN2O5. The number of hydrogen-bond acceptors (Lipinski definition) is 5. The van der Waals surface area contributed by atoms with E-state index in [0.717, 1.165) is 80.0 Å². The van der Waals surface area contributed by atoms with Gasteiger partial charge in [-0.15, -0.1) is 0 Å². The van der Waals surface area contributed by atoms with Crippen LogP contribution >= 0.6 is 0 Å². The molecule has 9 atom stereocenters. The second-order valence-corrected chi connectivity index (χ2v) is 21.3. The van der Waals surface area contributed by atoms with E-state index in [4.69, 9.17) is 14.2 Å². The smallest absolute Gasteiger partial charge is 0.362 e. The highest BCUT2D eigenvalue weighted by Gasteiger charge is 2.60. The lowest BCUT2D eigenvalue weighted by Gasteiger charge is -2.61. The summed E-state index contributed by atoms with van der Waals surface area (Å²) in [4.78, 5) is 28.5. The van der Waals surface area contributed by atoms with Gasteiger partial charge in [-0.05, 0) is 157 Å². The number of carbonyl (C=O) groups excluding carboxylic acids is 2. The van der Waals surface area contributed by atoms with E-state index in [0.29, 0.717) is 54.7 Å². The lowest BCUT2D eigenvalue weighted by atomic mass is 9.44. The second kappa shape index (κ2) is 20.9. The summed E-state index contributed by atoms with van der Waals surface area (Å²) in [5.74, 6) is 5.28. The van der Waals surface area contributed by atoms with E-state index in [2.05, 4.69) is 120 Å². The third kappa shape index (κ3) is 10.3. The number of rotatable bonds is 15. The number of esters is 1. The molecule has 0 aromatic heterocycles. The molecular weight excluding hydrogens is 816 g/mol. The normalized spacial score (nSPS) is 30.3. The van der Waals surface area contributed by atoms with Gasteiger partial charge in [0.15, 0.2) is 6.54 Å². The predicted octanol–water partition coefficient (Wildman–Crippen LogP) is 8.36. The van der Waals surface area contributed by atoms with E-state index in [1.165, 1.54) is 72.8 Å². The molecule has 64 heavy (non-hydrogen) atoms. The van der Waals surface area contributed by atoms with Crippen molar-refractivity contribution in [3.8, 4) is 5.75 Å². The molecule has 3 aromatic rings. The fraction of sp³-hybridized carbons (Fsp3) is 0.607. The Morgan fingerprint density at radius 3 is 2.14 bits per heavy atom. The average molecular weight is 894 g/mol. The SMILES string of the molecule is CC/C(=C(\c1ccccc1)c1ccc(OCCN(C)C(=O)CC[C@@H](C)[C@H]2CC[C@H]3[C@@H]4CC[C@@H]5C[C@H](OC(=O)C[N+]6(C)CCOCC6)CC[C@]5(C)[C@H]4CC[C@]23C)cc1)c1ccccc1.[Cl-]. The molecule has 0 radical (unpaired) electrons. The maximum absolute atomic E-state index is 13.5. The number of fused-ring (bicyclic) bond motifs is 5. The topological polar surface area (TPSA) is 65.1 Å². The molecule has 5 fully saturated rings. The van der Waals surface area contributed by atoms with Crippen LogP contribution in [0.2, 0.25) is 0 Å². The van der Waals surface area contributed by atoms with Crippen LogP contribution in [0.1, 0.15) is 121 Å². The number of likely N-dealkylation sites (N-methyl/N-ethyl adjacent to an activating group) is 2. The average Bonchev–Trinajstić information content (AvgIpc) is 3.65. The van der Waals surface area contributed by atoms with Crippen LogP contribution in [0.25, 0.3) is 11.1 Å². The Kier molecular flexibility index (Phi) is 15.8. The summed E-state index contributed by atoms with van der Waals surface area (Å²) in [5, 5.41) is 0. The minimum Gasteiger partial charge on any atom is -1.00 e. The Morgan fingerprint density at radius 1 is 0.812 bits per heavy atom. The number of benzene rings is 3. The fourth-order valence-electron chi connectivity index (χ4n) is 13.9. The number of halogens is 1. The molecule has 0 unspecified atom stereocenters. The van der Waals surface area contributed by atoms with Crippen molar-refractivity contribution in [1.29, 1.82) is 0 Å². The third-order valence-corrected chi connectivity index (χ3v) is 17.7. The zero-order valence-corrected chi connectivity index (χ0v) is 40.6. The summed E-state index contributed by atoms with van der Waals surface area (Å²) in [6.45, 7) is 14.6. The van der Waals surface area contributed by atoms with Crippen LogP contribution < -0.4 is 17.1 Å². The van der Waals surface area contributed by atoms with Crippen LogP contribution in [0, 0.1) is 46.3 Å². The van der Waals surface area contributed by atoms with Crippen LogP contribution in [0.4, 0.5) is 0 Å². The summed E-state index contributed by atoms with van der Waals surface area (Å²) in [5.41, 5.74) is 6.91. The quantitative estimate of drug-likeness (QED) is 0.0873. The molecule has 0 N–H and O–H groups in total. The van der Waals surface area contributed by atoms with Crippen molar-refractivity contribution in [3.05, 3.63) is 102 Å². The van der Waals surface area contributed by atoms with Crippen molar-refractivity contribution >= 4 is 23.0 Å². The fourth-order valence-corrected chi connectivity index (χ4v) is 13.9. The highest BCUT2D eigenvalue weighted by Crippen LogP contribution is 2.68. The van der Waals surface area contributed by atoms with E-state index in [1.54, 1.807) is 0 Å². The number of morpholine rings is 1. The Labute approximate surface area is 391 Å². The monoisotopic (exact) mass is 893 g/mol. The Balaban J connectivity index is 0.00000612. The van der Waals surface area contributed by atoms with Gasteiger partial charge in [0.25, 0.3) is 0 Å². The summed E-state index contributed by atoms with van der Waals surface area (Å²) in [6, 6.07) is 29.8. The molecule has 0 bridgehead atoms. The van der Waals surface area contributed by atoms with Gasteiger partial charge < -0.3 is 36.0 Å². The van der Waals surface area contributed by atoms with Gasteiger partial charge in [0, 0.05) is 13.5 Å². The summed E-state index contributed by atoms with van der Waals surface area (Å²) >= 11 is 0. The van der Waals surface area contributed by atoms with Gasteiger partial charge in [0.2, 0.25) is 5.91 Å².